The number of imide groups is 1. The van der Waals surface area contributed by atoms with E-state index < -0.39 is 58.1 Å². The third kappa shape index (κ3) is 13.4. The second-order valence-electron chi connectivity index (χ2n) is 22.4. The summed E-state index contributed by atoms with van der Waals surface area (Å²) in [5.41, 5.74) is 1.25. The van der Waals surface area contributed by atoms with Crippen LogP contribution < -0.4 is 20.1 Å². The van der Waals surface area contributed by atoms with Crippen LogP contribution in [0.2, 0.25) is 0 Å². The number of alkyl carbamates (subject to hydrolysis) is 1. The van der Waals surface area contributed by atoms with Gasteiger partial charge in [-0.15, -0.1) is 0 Å². The van der Waals surface area contributed by atoms with Gasteiger partial charge in [-0.1, -0.05) is 66.0 Å². The maximum atomic E-state index is 14.9. The molecule has 78 heavy (non-hydrogen) atoms. The number of amidine groups is 2. The number of ether oxygens (including phenoxy) is 5. The van der Waals surface area contributed by atoms with Crippen molar-refractivity contribution in [1.29, 1.82) is 0 Å². The lowest BCUT2D eigenvalue weighted by Crippen LogP contribution is -2.49. The molecule has 20 heteroatoms. The summed E-state index contributed by atoms with van der Waals surface area (Å²) >= 11 is 2.83. The highest BCUT2D eigenvalue weighted by molar-refractivity contribution is 8.14. The Kier molecular flexibility index (Phi) is 17.3. The minimum Gasteiger partial charge on any atom is -0.497 e. The number of nitrogens with one attached hydrogen (secondary N) is 2. The number of amides is 3. The van der Waals surface area contributed by atoms with E-state index in [9.17, 15) is 23.2 Å². The number of carbonyl (C=O) groups is 3. The Morgan fingerprint density at radius 2 is 1.28 bits per heavy atom. The molecule has 414 valence electrons. The summed E-state index contributed by atoms with van der Waals surface area (Å²) in [6.07, 6.45) is 0.590. The molecule has 0 saturated carbocycles. The lowest BCUT2D eigenvalue weighted by molar-refractivity contribution is 0.0150. The average Bonchev–Trinajstić information content (AvgIpc) is 4.04. The van der Waals surface area contributed by atoms with Crippen LogP contribution in [-0.2, 0) is 31.8 Å². The fourth-order valence-corrected chi connectivity index (χ4v) is 12.2. The number of pyridine rings is 2. The molecule has 0 spiro atoms. The van der Waals surface area contributed by atoms with E-state index in [1.54, 1.807) is 80.0 Å². The van der Waals surface area contributed by atoms with Crippen LogP contribution in [0.4, 0.5) is 23.2 Å². The molecule has 4 aliphatic rings. The molecule has 2 saturated heterocycles. The Labute approximate surface area is 463 Å². The number of nitrogens with zero attached hydrogens (tertiary/aromatic N) is 6. The molecule has 6 heterocycles. The van der Waals surface area contributed by atoms with E-state index in [-0.39, 0.29) is 17.0 Å². The quantitative estimate of drug-likeness (QED) is 0.111. The molecule has 5 aromatic rings. The highest BCUT2D eigenvalue weighted by atomic mass is 32.2. The Morgan fingerprint density at radius 1 is 0.705 bits per heavy atom. The van der Waals surface area contributed by atoms with Gasteiger partial charge in [-0.25, -0.2) is 34.3 Å². The predicted molar refractivity (Wildman–Crippen MR) is 301 cm³/mol. The summed E-state index contributed by atoms with van der Waals surface area (Å²) in [5.74, 6) is 1.92. The number of likely N-dealkylation sites (tertiary alicyclic amines) is 1. The SMILES string of the molecule is CC(C)(C)OC(=O)NC1=N[C@@]2(c3cccc(-c4cccnc4F)c3)CNC[C@H]2CS1.COc1ccc(CN2C[C@H]3CSC(N(C(=O)OC(C)(C)C)C(=O)OC(C)(C)C)=N[C@@]3(c3cccc(-c4cccnc4F)c3)C2)c(OC)c1. The Hall–Kier alpha value is -6.61. The normalized spacial score (nSPS) is 21.1. The van der Waals surface area contributed by atoms with Gasteiger partial charge in [0, 0.05) is 91.2 Å². The molecule has 0 bridgehead atoms. The van der Waals surface area contributed by atoms with E-state index in [1.165, 1.54) is 35.9 Å². The van der Waals surface area contributed by atoms with Gasteiger partial charge in [-0.2, -0.15) is 13.7 Å². The summed E-state index contributed by atoms with van der Waals surface area (Å²) < 4.78 is 56.9. The zero-order valence-corrected chi connectivity index (χ0v) is 47.6. The monoisotopic (exact) mass is 1110 g/mol. The molecule has 0 aliphatic carbocycles. The number of aromatic nitrogens is 2. The van der Waals surface area contributed by atoms with Crippen molar-refractivity contribution in [1.82, 2.24) is 30.4 Å². The lowest BCUT2D eigenvalue weighted by atomic mass is 9.81. The van der Waals surface area contributed by atoms with E-state index >= 15 is 0 Å². The molecule has 9 rings (SSSR count). The van der Waals surface area contributed by atoms with Gasteiger partial charge in [0.15, 0.2) is 10.3 Å². The van der Waals surface area contributed by atoms with Gasteiger partial charge in [-0.05, 0) is 127 Å². The zero-order valence-electron chi connectivity index (χ0n) is 45.9. The number of hydrogen-bond donors (Lipinski definition) is 2. The van der Waals surface area contributed by atoms with Crippen molar-refractivity contribution in [2.24, 2.45) is 21.8 Å². The van der Waals surface area contributed by atoms with Crippen LogP contribution >= 0.6 is 23.5 Å². The van der Waals surface area contributed by atoms with Gasteiger partial charge in [0.05, 0.1) is 14.2 Å². The predicted octanol–water partition coefficient (Wildman–Crippen LogP) is 11.4. The third-order valence-corrected chi connectivity index (χ3v) is 15.4. The summed E-state index contributed by atoms with van der Waals surface area (Å²) in [6, 6.07) is 27.9. The first-order chi connectivity index (χ1) is 36.9. The smallest absolute Gasteiger partial charge is 0.426 e. The number of halogens is 2. The van der Waals surface area contributed by atoms with Crippen molar-refractivity contribution in [3.63, 3.8) is 0 Å². The van der Waals surface area contributed by atoms with Crippen LogP contribution in [0.1, 0.15) is 79.0 Å². The minimum absolute atomic E-state index is 0.0244. The molecule has 16 nitrogen and oxygen atoms in total. The second-order valence-corrected chi connectivity index (χ2v) is 24.4. The van der Waals surface area contributed by atoms with Crippen molar-refractivity contribution in [3.8, 4) is 33.8 Å². The molecule has 4 atom stereocenters. The third-order valence-electron chi connectivity index (χ3n) is 13.2. The standard InChI is InChI=1S/C36H43FN4O6S.C22H25FN4O2S/c1-34(2,3)46-32(42)41(33(43)47-35(4,5)6)31-39-36(25-12-9-11-23(17-25)28-13-10-16-38-30(28)37)22-40(20-26(36)21-48-31)19-24-14-15-27(44-7)18-29(24)45-8;1-21(2,3)29-20(28)26-19-27-22(13-24-11-16(22)12-30-19)15-7-4-6-14(10-15)17-8-5-9-25-18(17)23/h9-18,26H,19-22H2,1-8H3;4-10,16,24H,11-13H2,1-3H3,(H,26,27,28)/t26-,36+;16-,22+/m00/s1. The molecule has 2 N–H and O–H groups in total. The lowest BCUT2D eigenvalue weighted by Gasteiger charge is -2.38. The van der Waals surface area contributed by atoms with Crippen LogP contribution in [0.5, 0.6) is 11.5 Å². The van der Waals surface area contributed by atoms with Crippen LogP contribution in [-0.4, -0.2) is 117 Å². The van der Waals surface area contributed by atoms with Crippen molar-refractivity contribution in [3.05, 3.63) is 132 Å². The van der Waals surface area contributed by atoms with Crippen LogP contribution in [0.3, 0.4) is 0 Å². The van der Waals surface area contributed by atoms with E-state index in [1.807, 2.05) is 87.5 Å². The molecular formula is C58H68F2N8O8S2. The van der Waals surface area contributed by atoms with Crippen molar-refractivity contribution >= 4 is 52.1 Å². The fourth-order valence-electron chi connectivity index (χ4n) is 9.83. The van der Waals surface area contributed by atoms with E-state index in [0.717, 1.165) is 39.5 Å². The van der Waals surface area contributed by atoms with Gasteiger partial charge in [0.1, 0.15) is 39.4 Å². The van der Waals surface area contributed by atoms with Gasteiger partial charge >= 0.3 is 18.3 Å². The zero-order chi connectivity index (χ0) is 56.2. The maximum absolute atomic E-state index is 14.9. The largest absolute Gasteiger partial charge is 0.497 e. The summed E-state index contributed by atoms with van der Waals surface area (Å²) in [5, 5.41) is 6.95. The summed E-state index contributed by atoms with van der Waals surface area (Å²) in [4.78, 5) is 60.6. The van der Waals surface area contributed by atoms with Crippen molar-refractivity contribution in [2.45, 2.75) is 96.7 Å². The number of aliphatic imine (C=N–C) groups is 2. The number of rotatable bonds is 8. The number of thioether (sulfide) groups is 2. The highest BCUT2D eigenvalue weighted by Gasteiger charge is 2.53. The molecule has 2 aromatic heterocycles. The minimum atomic E-state index is -0.905. The first kappa shape index (κ1) is 57.6. The molecule has 3 aromatic carbocycles. The molecule has 0 radical (unpaired) electrons. The summed E-state index contributed by atoms with van der Waals surface area (Å²) in [7, 11) is 3.24. The number of carbonyl (C=O) groups excluding carboxylic acids is 3. The number of methoxy groups -OCH3 is 2. The first-order valence-electron chi connectivity index (χ1n) is 25.7. The number of fused-ring (bicyclic) bond motifs is 2. The maximum Gasteiger partial charge on any atom is 0.426 e. The molecule has 2 fully saturated rings. The highest BCUT2D eigenvalue weighted by Crippen LogP contribution is 2.49. The van der Waals surface area contributed by atoms with Gasteiger partial charge in [0.2, 0.25) is 11.9 Å². The Balaban J connectivity index is 0.000000229. The summed E-state index contributed by atoms with van der Waals surface area (Å²) in [6.45, 7) is 19.0. The van der Waals surface area contributed by atoms with E-state index in [0.29, 0.717) is 65.3 Å². The Morgan fingerprint density at radius 3 is 1.83 bits per heavy atom. The average molecular weight is 1110 g/mol. The fraction of sp³-hybridized carbons (Fsp3) is 0.431. The van der Waals surface area contributed by atoms with Crippen LogP contribution in [0, 0.1) is 23.7 Å². The molecule has 3 amide bonds. The molecular weight excluding hydrogens is 1040 g/mol. The van der Waals surface area contributed by atoms with Gasteiger partial charge in [0.25, 0.3) is 0 Å². The van der Waals surface area contributed by atoms with Gasteiger partial charge < -0.3 is 29.0 Å². The van der Waals surface area contributed by atoms with E-state index in [4.69, 9.17) is 33.7 Å². The topological polar surface area (TPSA) is 178 Å². The van der Waals surface area contributed by atoms with Crippen molar-refractivity contribution in [2.75, 3.05) is 51.9 Å². The van der Waals surface area contributed by atoms with E-state index in [2.05, 4.69) is 25.5 Å². The van der Waals surface area contributed by atoms with Crippen molar-refractivity contribution < 1.29 is 46.8 Å². The first-order valence-corrected chi connectivity index (χ1v) is 27.6. The Bertz CT molecular complexity index is 3060. The molecule has 0 unspecified atom stereocenters. The van der Waals surface area contributed by atoms with Crippen LogP contribution in [0.25, 0.3) is 22.3 Å². The molecule has 4 aliphatic heterocycles. The van der Waals surface area contributed by atoms with Crippen LogP contribution in [0.15, 0.2) is 113 Å². The van der Waals surface area contributed by atoms with Gasteiger partial charge in [-0.3, -0.25) is 10.2 Å². The number of hydrogen-bond acceptors (Lipinski definition) is 16. The second kappa shape index (κ2) is 23.4. The number of benzene rings is 3.